The predicted molar refractivity (Wildman–Crippen MR) is 84.8 cm³/mol. The molecule has 0 unspecified atom stereocenters. The van der Waals surface area contributed by atoms with E-state index in [4.69, 9.17) is 9.15 Å². The molecule has 0 saturated heterocycles. The third kappa shape index (κ3) is 2.85. The van der Waals surface area contributed by atoms with Crippen LogP contribution in [0, 0.1) is 20.8 Å². The van der Waals surface area contributed by atoms with Crippen molar-refractivity contribution in [1.29, 1.82) is 0 Å². The van der Waals surface area contributed by atoms with Crippen LogP contribution in [0.1, 0.15) is 22.6 Å². The zero-order chi connectivity index (χ0) is 14.8. The molecule has 21 heavy (non-hydrogen) atoms. The Morgan fingerprint density at radius 3 is 2.76 bits per heavy atom. The Balaban J connectivity index is 1.78. The van der Waals surface area contributed by atoms with E-state index < -0.39 is 0 Å². The smallest absolute Gasteiger partial charge is 0.236 e. The summed E-state index contributed by atoms with van der Waals surface area (Å²) in [6, 6.07) is 10.1. The standard InChI is InChI=1S/C17H17NO2S/c1-11-6-4-7-15(12(11)2)19-10-14-13(3)20-17(18-14)16-8-5-9-21-16/h4-9H,10H2,1-3H3. The number of thiophene rings is 1. The lowest BCUT2D eigenvalue weighted by Crippen LogP contribution is -1.99. The molecular formula is C17H17NO2S. The van der Waals surface area contributed by atoms with Crippen molar-refractivity contribution >= 4 is 11.3 Å². The molecule has 0 atom stereocenters. The average Bonchev–Trinajstić information content (AvgIpc) is 3.10. The monoisotopic (exact) mass is 299 g/mol. The predicted octanol–water partition coefficient (Wildman–Crippen LogP) is 4.91. The molecule has 0 spiro atoms. The Morgan fingerprint density at radius 1 is 1.14 bits per heavy atom. The van der Waals surface area contributed by atoms with E-state index >= 15 is 0 Å². The van der Waals surface area contributed by atoms with Crippen LogP contribution in [0.15, 0.2) is 40.1 Å². The molecule has 0 radical (unpaired) electrons. The van der Waals surface area contributed by atoms with E-state index in [2.05, 4.69) is 24.9 Å². The highest BCUT2D eigenvalue weighted by Gasteiger charge is 2.13. The van der Waals surface area contributed by atoms with Crippen molar-refractivity contribution in [3.05, 3.63) is 58.3 Å². The molecule has 0 amide bonds. The summed E-state index contributed by atoms with van der Waals surface area (Å²) in [5, 5.41) is 2.02. The van der Waals surface area contributed by atoms with E-state index in [-0.39, 0.29) is 0 Å². The van der Waals surface area contributed by atoms with Crippen LogP contribution in [0.4, 0.5) is 0 Å². The summed E-state index contributed by atoms with van der Waals surface area (Å²) in [4.78, 5) is 5.58. The molecular weight excluding hydrogens is 282 g/mol. The maximum absolute atomic E-state index is 5.90. The molecule has 4 heteroatoms. The topological polar surface area (TPSA) is 35.3 Å². The minimum Gasteiger partial charge on any atom is -0.487 e. The summed E-state index contributed by atoms with van der Waals surface area (Å²) < 4.78 is 11.6. The Hall–Kier alpha value is -2.07. The molecule has 0 fully saturated rings. The summed E-state index contributed by atoms with van der Waals surface area (Å²) in [7, 11) is 0. The second-order valence-corrected chi connectivity index (χ2v) is 5.93. The minimum atomic E-state index is 0.422. The van der Waals surface area contributed by atoms with Gasteiger partial charge in [-0.15, -0.1) is 11.3 Å². The van der Waals surface area contributed by atoms with Crippen LogP contribution in [-0.2, 0) is 6.61 Å². The Bertz CT molecular complexity index is 744. The molecule has 3 rings (SSSR count). The molecule has 2 heterocycles. The van der Waals surface area contributed by atoms with Crippen molar-refractivity contribution in [3.8, 4) is 16.5 Å². The van der Waals surface area contributed by atoms with Gasteiger partial charge in [-0.3, -0.25) is 0 Å². The van der Waals surface area contributed by atoms with E-state index in [1.54, 1.807) is 11.3 Å². The molecule has 3 nitrogen and oxygen atoms in total. The summed E-state index contributed by atoms with van der Waals surface area (Å²) in [6.45, 7) is 6.49. The first kappa shape index (κ1) is 13.9. The van der Waals surface area contributed by atoms with Gasteiger partial charge in [0.2, 0.25) is 5.89 Å². The van der Waals surface area contributed by atoms with Crippen molar-refractivity contribution in [1.82, 2.24) is 4.98 Å². The third-order valence-electron chi connectivity index (χ3n) is 3.54. The maximum Gasteiger partial charge on any atom is 0.236 e. The number of hydrogen-bond donors (Lipinski definition) is 0. The van der Waals surface area contributed by atoms with E-state index in [1.807, 2.05) is 36.6 Å². The van der Waals surface area contributed by atoms with Crippen LogP contribution in [0.5, 0.6) is 5.75 Å². The van der Waals surface area contributed by atoms with Crippen molar-refractivity contribution < 1.29 is 9.15 Å². The first-order valence-corrected chi connectivity index (χ1v) is 7.72. The van der Waals surface area contributed by atoms with Crippen molar-refractivity contribution in [3.63, 3.8) is 0 Å². The lowest BCUT2D eigenvalue weighted by atomic mass is 10.1. The molecule has 0 saturated carbocycles. The number of nitrogens with zero attached hydrogens (tertiary/aromatic N) is 1. The molecule has 0 aliphatic carbocycles. The molecule has 0 bridgehead atoms. The zero-order valence-electron chi connectivity index (χ0n) is 12.3. The summed E-state index contributed by atoms with van der Waals surface area (Å²) in [5.74, 6) is 2.38. The maximum atomic E-state index is 5.90. The largest absolute Gasteiger partial charge is 0.487 e. The highest BCUT2D eigenvalue weighted by molar-refractivity contribution is 7.13. The number of benzene rings is 1. The molecule has 0 N–H and O–H groups in total. The Labute approximate surface area is 128 Å². The number of aromatic nitrogens is 1. The van der Waals surface area contributed by atoms with Gasteiger partial charge in [0.25, 0.3) is 0 Å². The number of aryl methyl sites for hydroxylation is 2. The van der Waals surface area contributed by atoms with Gasteiger partial charge < -0.3 is 9.15 Å². The Morgan fingerprint density at radius 2 is 2.00 bits per heavy atom. The number of rotatable bonds is 4. The summed E-state index contributed by atoms with van der Waals surface area (Å²) >= 11 is 1.62. The quantitative estimate of drug-likeness (QED) is 0.686. The van der Waals surface area contributed by atoms with Crippen LogP contribution < -0.4 is 4.74 Å². The first-order chi connectivity index (χ1) is 10.1. The molecule has 3 aromatic rings. The minimum absolute atomic E-state index is 0.422. The van der Waals surface area contributed by atoms with E-state index in [0.717, 1.165) is 27.6 Å². The SMILES string of the molecule is Cc1cccc(OCc2nc(-c3cccs3)oc2C)c1C. The van der Waals surface area contributed by atoms with Gasteiger partial charge in [-0.2, -0.15) is 0 Å². The summed E-state index contributed by atoms with van der Waals surface area (Å²) in [6.07, 6.45) is 0. The average molecular weight is 299 g/mol. The van der Waals surface area contributed by atoms with Gasteiger partial charge in [-0.25, -0.2) is 4.98 Å². The van der Waals surface area contributed by atoms with Gasteiger partial charge in [0.05, 0.1) is 4.88 Å². The lowest BCUT2D eigenvalue weighted by molar-refractivity contribution is 0.297. The third-order valence-corrected chi connectivity index (χ3v) is 4.40. The second kappa shape index (κ2) is 5.74. The lowest BCUT2D eigenvalue weighted by Gasteiger charge is -2.09. The van der Waals surface area contributed by atoms with Crippen LogP contribution >= 0.6 is 11.3 Å². The van der Waals surface area contributed by atoms with Gasteiger partial charge >= 0.3 is 0 Å². The zero-order valence-corrected chi connectivity index (χ0v) is 13.2. The van der Waals surface area contributed by atoms with E-state index in [0.29, 0.717) is 12.5 Å². The molecule has 0 aliphatic rings. The molecule has 0 aliphatic heterocycles. The highest BCUT2D eigenvalue weighted by Crippen LogP contribution is 2.27. The summed E-state index contributed by atoms with van der Waals surface area (Å²) in [5.41, 5.74) is 3.24. The fraction of sp³-hybridized carbons (Fsp3) is 0.235. The highest BCUT2D eigenvalue weighted by atomic mass is 32.1. The second-order valence-electron chi connectivity index (χ2n) is 4.99. The number of oxazole rings is 1. The van der Waals surface area contributed by atoms with Gasteiger partial charge in [-0.1, -0.05) is 18.2 Å². The molecule has 1 aromatic carbocycles. The molecule has 108 valence electrons. The number of ether oxygens (including phenoxy) is 1. The fourth-order valence-electron chi connectivity index (χ4n) is 2.09. The van der Waals surface area contributed by atoms with Crippen LogP contribution in [0.3, 0.4) is 0 Å². The van der Waals surface area contributed by atoms with Gasteiger partial charge in [0.15, 0.2) is 0 Å². The molecule has 2 aromatic heterocycles. The van der Waals surface area contributed by atoms with Crippen LogP contribution in [0.25, 0.3) is 10.8 Å². The van der Waals surface area contributed by atoms with Gasteiger partial charge in [0.1, 0.15) is 23.8 Å². The van der Waals surface area contributed by atoms with Gasteiger partial charge in [-0.05, 0) is 49.4 Å². The van der Waals surface area contributed by atoms with E-state index in [1.165, 1.54) is 5.56 Å². The first-order valence-electron chi connectivity index (χ1n) is 6.84. The van der Waals surface area contributed by atoms with Crippen LogP contribution in [-0.4, -0.2) is 4.98 Å². The van der Waals surface area contributed by atoms with Crippen molar-refractivity contribution in [2.24, 2.45) is 0 Å². The Kier molecular flexibility index (Phi) is 3.80. The fourth-order valence-corrected chi connectivity index (χ4v) is 2.74. The van der Waals surface area contributed by atoms with E-state index in [9.17, 15) is 0 Å². The normalized spacial score (nSPS) is 10.8. The van der Waals surface area contributed by atoms with Crippen molar-refractivity contribution in [2.45, 2.75) is 27.4 Å². The number of hydrogen-bond acceptors (Lipinski definition) is 4. The van der Waals surface area contributed by atoms with Crippen molar-refractivity contribution in [2.75, 3.05) is 0 Å². The van der Waals surface area contributed by atoms with Gasteiger partial charge in [0, 0.05) is 0 Å². The van der Waals surface area contributed by atoms with Crippen LogP contribution in [0.2, 0.25) is 0 Å².